The van der Waals surface area contributed by atoms with Gasteiger partial charge in [0, 0.05) is 38.7 Å². The van der Waals surface area contributed by atoms with Crippen LogP contribution in [-0.2, 0) is 4.79 Å². The minimum atomic E-state index is -0.197. The summed E-state index contributed by atoms with van der Waals surface area (Å²) in [6, 6.07) is 7.36. The molecule has 6 heteroatoms. The zero-order chi connectivity index (χ0) is 16.1. The maximum absolute atomic E-state index is 12.2. The largest absolute Gasteiger partial charge is 0.347 e. The van der Waals surface area contributed by atoms with Crippen LogP contribution >= 0.6 is 12.2 Å². The number of nitrogens with one attached hydrogen (secondary N) is 1. The number of carbonyl (C=O) groups excluding carboxylic acids is 2. The molecule has 2 amide bonds. The van der Waals surface area contributed by atoms with Crippen LogP contribution in [0, 0.1) is 6.92 Å². The molecule has 1 aliphatic heterocycles. The fraction of sp³-hybridized carbons (Fsp3) is 0.438. The minimum absolute atomic E-state index is 0.0801. The first-order valence-electron chi connectivity index (χ1n) is 7.40. The first-order chi connectivity index (χ1) is 10.5. The smallest absolute Gasteiger partial charge is 0.257 e. The molecule has 0 aliphatic carbocycles. The molecule has 0 unspecified atom stereocenters. The molecule has 22 heavy (non-hydrogen) atoms. The van der Waals surface area contributed by atoms with Crippen LogP contribution in [0.3, 0.4) is 0 Å². The SMILES string of the molecule is CC(=O)N1CCCN(C(=S)NC(=O)c2ccc(C)cc2)CC1. The van der Waals surface area contributed by atoms with Crippen molar-refractivity contribution in [1.82, 2.24) is 15.1 Å². The molecule has 0 aromatic heterocycles. The lowest BCUT2D eigenvalue weighted by Gasteiger charge is -2.23. The lowest BCUT2D eigenvalue weighted by atomic mass is 10.1. The Morgan fingerprint density at radius 2 is 1.64 bits per heavy atom. The van der Waals surface area contributed by atoms with Gasteiger partial charge in [0.25, 0.3) is 5.91 Å². The first-order valence-corrected chi connectivity index (χ1v) is 7.80. The number of nitrogens with zero attached hydrogens (tertiary/aromatic N) is 2. The molecule has 1 aromatic carbocycles. The van der Waals surface area contributed by atoms with Crippen molar-refractivity contribution in [2.75, 3.05) is 26.2 Å². The Balaban J connectivity index is 1.92. The van der Waals surface area contributed by atoms with Gasteiger partial charge < -0.3 is 9.80 Å². The summed E-state index contributed by atoms with van der Waals surface area (Å²) in [5, 5.41) is 3.20. The second-order valence-electron chi connectivity index (χ2n) is 5.47. The van der Waals surface area contributed by atoms with E-state index in [2.05, 4.69) is 5.32 Å². The molecule has 5 nitrogen and oxygen atoms in total. The molecule has 1 N–H and O–H groups in total. The number of aryl methyl sites for hydroxylation is 1. The van der Waals surface area contributed by atoms with Crippen molar-refractivity contribution in [3.05, 3.63) is 35.4 Å². The van der Waals surface area contributed by atoms with Crippen LogP contribution in [-0.4, -0.2) is 52.9 Å². The molecular formula is C16H21N3O2S. The lowest BCUT2D eigenvalue weighted by molar-refractivity contribution is -0.128. The van der Waals surface area contributed by atoms with Crippen molar-refractivity contribution in [3.63, 3.8) is 0 Å². The van der Waals surface area contributed by atoms with Crippen molar-refractivity contribution in [3.8, 4) is 0 Å². The Kier molecular flexibility index (Phi) is 5.49. The van der Waals surface area contributed by atoms with Gasteiger partial charge in [0.2, 0.25) is 5.91 Å². The molecule has 1 heterocycles. The monoisotopic (exact) mass is 319 g/mol. The summed E-state index contributed by atoms with van der Waals surface area (Å²) in [4.78, 5) is 27.4. The van der Waals surface area contributed by atoms with Crippen LogP contribution in [0.1, 0.15) is 29.3 Å². The van der Waals surface area contributed by atoms with E-state index < -0.39 is 0 Å². The number of hydrogen-bond acceptors (Lipinski definition) is 3. The number of rotatable bonds is 1. The Morgan fingerprint density at radius 1 is 1.05 bits per heavy atom. The highest BCUT2D eigenvalue weighted by Gasteiger charge is 2.19. The van der Waals surface area contributed by atoms with E-state index in [0.717, 1.165) is 25.1 Å². The van der Waals surface area contributed by atoms with E-state index in [1.165, 1.54) is 0 Å². The highest BCUT2D eigenvalue weighted by Crippen LogP contribution is 2.06. The van der Waals surface area contributed by atoms with E-state index in [4.69, 9.17) is 12.2 Å². The van der Waals surface area contributed by atoms with Crippen molar-refractivity contribution in [2.24, 2.45) is 0 Å². The van der Waals surface area contributed by atoms with Crippen LogP contribution in [0.25, 0.3) is 0 Å². The third-order valence-corrected chi connectivity index (χ3v) is 4.12. The number of thiocarbonyl (C=S) groups is 1. The third kappa shape index (κ3) is 4.27. The van der Waals surface area contributed by atoms with Crippen molar-refractivity contribution >= 4 is 29.1 Å². The Bertz CT molecular complexity index is 571. The molecule has 0 radical (unpaired) electrons. The molecule has 1 saturated heterocycles. The zero-order valence-electron chi connectivity index (χ0n) is 13.0. The van der Waals surface area contributed by atoms with Crippen LogP contribution in [0.4, 0.5) is 0 Å². The van der Waals surface area contributed by atoms with Crippen LogP contribution < -0.4 is 5.32 Å². The molecule has 0 saturated carbocycles. The van der Waals surface area contributed by atoms with Crippen LogP contribution in [0.15, 0.2) is 24.3 Å². The molecule has 0 bridgehead atoms. The van der Waals surface area contributed by atoms with Crippen molar-refractivity contribution < 1.29 is 9.59 Å². The Labute approximate surface area is 136 Å². The van der Waals surface area contributed by atoms with Gasteiger partial charge in [0.1, 0.15) is 0 Å². The van der Waals surface area contributed by atoms with E-state index in [9.17, 15) is 9.59 Å². The second-order valence-corrected chi connectivity index (χ2v) is 5.86. The van der Waals surface area contributed by atoms with Gasteiger partial charge in [-0.1, -0.05) is 17.7 Å². The van der Waals surface area contributed by atoms with E-state index in [1.807, 2.05) is 28.9 Å². The summed E-state index contributed by atoms with van der Waals surface area (Å²) < 4.78 is 0. The Hall–Kier alpha value is -1.95. The van der Waals surface area contributed by atoms with E-state index in [1.54, 1.807) is 19.1 Å². The number of amides is 2. The first kappa shape index (κ1) is 16.4. The van der Waals surface area contributed by atoms with Gasteiger partial charge in [-0.2, -0.15) is 0 Å². The fourth-order valence-electron chi connectivity index (χ4n) is 2.39. The summed E-state index contributed by atoms with van der Waals surface area (Å²) in [7, 11) is 0. The Morgan fingerprint density at radius 3 is 2.27 bits per heavy atom. The highest BCUT2D eigenvalue weighted by molar-refractivity contribution is 7.80. The van der Waals surface area contributed by atoms with Gasteiger partial charge in [0.05, 0.1) is 0 Å². The van der Waals surface area contributed by atoms with Gasteiger partial charge in [-0.15, -0.1) is 0 Å². The topological polar surface area (TPSA) is 52.7 Å². The third-order valence-electron chi connectivity index (χ3n) is 3.76. The molecule has 0 spiro atoms. The number of benzene rings is 1. The van der Waals surface area contributed by atoms with Gasteiger partial charge in [-0.3, -0.25) is 14.9 Å². The predicted molar refractivity (Wildman–Crippen MR) is 89.7 cm³/mol. The van der Waals surface area contributed by atoms with Crippen LogP contribution in [0.5, 0.6) is 0 Å². The zero-order valence-corrected chi connectivity index (χ0v) is 13.8. The van der Waals surface area contributed by atoms with Gasteiger partial charge in [-0.25, -0.2) is 0 Å². The summed E-state index contributed by atoms with van der Waals surface area (Å²) in [5.74, 6) is -0.117. The summed E-state index contributed by atoms with van der Waals surface area (Å²) in [6.07, 6.45) is 0.847. The lowest BCUT2D eigenvalue weighted by Crippen LogP contribution is -2.44. The predicted octanol–water partition coefficient (Wildman–Crippen LogP) is 1.56. The molecule has 0 atom stereocenters. The summed E-state index contributed by atoms with van der Waals surface area (Å²) in [5.41, 5.74) is 1.70. The average Bonchev–Trinajstić information content (AvgIpc) is 2.73. The fourth-order valence-corrected chi connectivity index (χ4v) is 2.66. The molecular weight excluding hydrogens is 298 g/mol. The summed E-state index contributed by atoms with van der Waals surface area (Å²) >= 11 is 5.33. The molecule has 1 fully saturated rings. The van der Waals surface area contributed by atoms with Gasteiger partial charge >= 0.3 is 0 Å². The molecule has 1 aromatic rings. The van der Waals surface area contributed by atoms with Crippen LogP contribution in [0.2, 0.25) is 0 Å². The average molecular weight is 319 g/mol. The normalized spacial score (nSPS) is 15.2. The molecule has 1 aliphatic rings. The molecule has 2 rings (SSSR count). The molecule has 118 valence electrons. The maximum Gasteiger partial charge on any atom is 0.257 e. The van der Waals surface area contributed by atoms with E-state index >= 15 is 0 Å². The number of carbonyl (C=O) groups is 2. The minimum Gasteiger partial charge on any atom is -0.347 e. The van der Waals surface area contributed by atoms with E-state index in [0.29, 0.717) is 23.8 Å². The van der Waals surface area contributed by atoms with Crippen molar-refractivity contribution in [2.45, 2.75) is 20.3 Å². The maximum atomic E-state index is 12.2. The highest BCUT2D eigenvalue weighted by atomic mass is 32.1. The van der Waals surface area contributed by atoms with E-state index in [-0.39, 0.29) is 11.8 Å². The number of hydrogen-bond donors (Lipinski definition) is 1. The quantitative estimate of drug-likeness (QED) is 0.798. The standard InChI is InChI=1S/C16H21N3O2S/c1-12-4-6-14(7-5-12)15(21)17-16(22)19-9-3-8-18(10-11-19)13(2)20/h4-7H,3,8-11H2,1-2H3,(H,17,21,22). The second kappa shape index (κ2) is 7.35. The summed E-state index contributed by atoms with van der Waals surface area (Å²) in [6.45, 7) is 6.32. The van der Waals surface area contributed by atoms with Crippen molar-refractivity contribution in [1.29, 1.82) is 0 Å². The van der Waals surface area contributed by atoms with Gasteiger partial charge in [-0.05, 0) is 37.7 Å². The van der Waals surface area contributed by atoms with Gasteiger partial charge in [0.15, 0.2) is 5.11 Å².